The molecule has 2 heteroatoms. The van der Waals surface area contributed by atoms with Crippen LogP contribution >= 0.6 is 22.6 Å². The predicted octanol–water partition coefficient (Wildman–Crippen LogP) is 2.57. The highest BCUT2D eigenvalue weighted by Crippen LogP contribution is 2.10. The predicted molar refractivity (Wildman–Crippen MR) is 48.0 cm³/mol. The summed E-state index contributed by atoms with van der Waals surface area (Å²) in [6, 6.07) is 0. The van der Waals surface area contributed by atoms with Crippen molar-refractivity contribution in [2.75, 3.05) is 0 Å². The van der Waals surface area contributed by atoms with E-state index in [0.29, 0.717) is 12.2 Å². The summed E-state index contributed by atoms with van der Waals surface area (Å²) in [5, 5.41) is 0. The second-order valence-corrected chi connectivity index (χ2v) is 3.58. The van der Waals surface area contributed by atoms with Crippen molar-refractivity contribution in [3.05, 3.63) is 0 Å². The fourth-order valence-corrected chi connectivity index (χ4v) is 1.70. The summed E-state index contributed by atoms with van der Waals surface area (Å²) in [6.45, 7) is 4.03. The Balaban J connectivity index is 3.45. The topological polar surface area (TPSA) is 17.1 Å². The lowest BCUT2D eigenvalue weighted by atomic mass is 10.1. The Morgan fingerprint density at radius 3 is 2.44 bits per heavy atom. The molecule has 1 unspecified atom stereocenters. The monoisotopic (exact) mass is 240 g/mol. The summed E-state index contributed by atoms with van der Waals surface area (Å²) in [5.41, 5.74) is 0. The van der Waals surface area contributed by atoms with Gasteiger partial charge in [-0.25, -0.2) is 0 Å². The van der Waals surface area contributed by atoms with E-state index in [1.165, 1.54) is 0 Å². The maximum atomic E-state index is 10.9. The van der Waals surface area contributed by atoms with Crippen molar-refractivity contribution < 1.29 is 4.79 Å². The van der Waals surface area contributed by atoms with Crippen molar-refractivity contribution in [3.63, 3.8) is 0 Å². The Bertz CT molecular complexity index is 90.9. The first-order valence-electron chi connectivity index (χ1n) is 3.39. The van der Waals surface area contributed by atoms with Crippen LogP contribution in [0.5, 0.6) is 0 Å². The Morgan fingerprint density at radius 1 is 1.56 bits per heavy atom. The van der Waals surface area contributed by atoms with Crippen molar-refractivity contribution in [1.82, 2.24) is 0 Å². The minimum atomic E-state index is 0.262. The van der Waals surface area contributed by atoms with Crippen LogP contribution < -0.4 is 0 Å². The normalized spacial score (nSPS) is 13.2. The van der Waals surface area contributed by atoms with Gasteiger partial charge >= 0.3 is 0 Å². The van der Waals surface area contributed by atoms with Gasteiger partial charge < -0.3 is 0 Å². The third kappa shape index (κ3) is 3.89. The molecule has 0 heterocycles. The third-order valence-electron chi connectivity index (χ3n) is 1.24. The van der Waals surface area contributed by atoms with Crippen molar-refractivity contribution in [1.29, 1.82) is 0 Å². The molecule has 0 aromatic rings. The van der Waals surface area contributed by atoms with E-state index in [4.69, 9.17) is 0 Å². The highest BCUT2D eigenvalue weighted by atomic mass is 127. The fourth-order valence-electron chi connectivity index (χ4n) is 0.636. The summed E-state index contributed by atoms with van der Waals surface area (Å²) in [4.78, 5) is 10.9. The van der Waals surface area contributed by atoms with Crippen molar-refractivity contribution >= 4 is 28.4 Å². The van der Waals surface area contributed by atoms with E-state index in [1.54, 1.807) is 0 Å². The van der Waals surface area contributed by atoms with Gasteiger partial charge in [0, 0.05) is 6.42 Å². The van der Waals surface area contributed by atoms with E-state index in [-0.39, 0.29) is 3.92 Å². The molecule has 54 valence electrons. The zero-order valence-electron chi connectivity index (χ0n) is 5.98. The molecule has 0 spiro atoms. The highest BCUT2D eigenvalue weighted by Gasteiger charge is 2.09. The van der Waals surface area contributed by atoms with Gasteiger partial charge in [-0.1, -0.05) is 42.9 Å². The number of carbonyl (C=O) groups excluding carboxylic acids is 1. The first kappa shape index (κ1) is 9.40. The van der Waals surface area contributed by atoms with Crippen LogP contribution in [-0.2, 0) is 4.79 Å². The molecule has 0 bridgehead atoms. The zero-order valence-corrected chi connectivity index (χ0v) is 8.14. The number of alkyl halides is 1. The third-order valence-corrected chi connectivity index (χ3v) is 2.56. The molecular formula is C7H13IO. The average Bonchev–Trinajstić information content (AvgIpc) is 1.87. The second kappa shape index (κ2) is 5.21. The van der Waals surface area contributed by atoms with E-state index in [1.807, 2.05) is 6.92 Å². The molecule has 0 radical (unpaired) electrons. The van der Waals surface area contributed by atoms with Gasteiger partial charge in [0.05, 0.1) is 3.92 Å². The summed E-state index contributed by atoms with van der Waals surface area (Å²) in [7, 11) is 0. The molecule has 0 amide bonds. The lowest BCUT2D eigenvalue weighted by molar-refractivity contribution is -0.118. The fraction of sp³-hybridized carbons (Fsp3) is 0.857. The molecule has 0 fully saturated rings. The zero-order chi connectivity index (χ0) is 7.28. The van der Waals surface area contributed by atoms with Crippen LogP contribution in [0.2, 0.25) is 0 Å². The van der Waals surface area contributed by atoms with E-state index >= 15 is 0 Å². The maximum absolute atomic E-state index is 10.9. The van der Waals surface area contributed by atoms with Crippen LogP contribution in [0.4, 0.5) is 0 Å². The first-order chi connectivity index (χ1) is 4.22. The Hall–Kier alpha value is 0.400. The number of carbonyl (C=O) groups is 1. The number of halogens is 1. The van der Waals surface area contributed by atoms with Crippen molar-refractivity contribution in [2.45, 2.75) is 37.0 Å². The lowest BCUT2D eigenvalue weighted by Crippen LogP contribution is -2.11. The average molecular weight is 240 g/mol. The smallest absolute Gasteiger partial charge is 0.145 e. The molecule has 9 heavy (non-hydrogen) atoms. The molecule has 1 atom stereocenters. The minimum absolute atomic E-state index is 0.262. The van der Waals surface area contributed by atoms with Crippen LogP contribution in [0.25, 0.3) is 0 Å². The number of rotatable bonds is 4. The Labute approximate surface area is 70.4 Å². The van der Waals surface area contributed by atoms with Gasteiger partial charge in [-0.2, -0.15) is 0 Å². The second-order valence-electron chi connectivity index (χ2n) is 2.08. The molecule has 0 aromatic carbocycles. The first-order valence-corrected chi connectivity index (χ1v) is 4.63. The maximum Gasteiger partial charge on any atom is 0.145 e. The van der Waals surface area contributed by atoms with Gasteiger partial charge in [0.15, 0.2) is 0 Å². The number of ketones is 1. The Kier molecular flexibility index (Phi) is 5.44. The molecule has 0 aliphatic carbocycles. The van der Waals surface area contributed by atoms with Gasteiger partial charge in [-0.15, -0.1) is 0 Å². The molecule has 0 aliphatic heterocycles. The largest absolute Gasteiger partial charge is 0.299 e. The van der Waals surface area contributed by atoms with Crippen LogP contribution in [-0.4, -0.2) is 9.71 Å². The van der Waals surface area contributed by atoms with Gasteiger partial charge in [0.25, 0.3) is 0 Å². The number of hydrogen-bond acceptors (Lipinski definition) is 1. The van der Waals surface area contributed by atoms with Crippen LogP contribution in [0, 0.1) is 0 Å². The standard InChI is InChI=1S/C7H13IO/c1-3-5-6(8)7(9)4-2/h6H,3-5H2,1-2H3. The minimum Gasteiger partial charge on any atom is -0.299 e. The molecule has 1 nitrogen and oxygen atoms in total. The van der Waals surface area contributed by atoms with E-state index in [2.05, 4.69) is 29.5 Å². The number of Topliss-reactive ketones (excluding diaryl/α,β-unsaturated/α-hetero) is 1. The molecule has 0 N–H and O–H groups in total. The van der Waals surface area contributed by atoms with E-state index in [9.17, 15) is 4.79 Å². The number of hydrogen-bond donors (Lipinski definition) is 0. The lowest BCUT2D eigenvalue weighted by Gasteiger charge is -2.02. The van der Waals surface area contributed by atoms with Gasteiger partial charge in [0.1, 0.15) is 5.78 Å². The van der Waals surface area contributed by atoms with Gasteiger partial charge in [0.2, 0.25) is 0 Å². The molecular weight excluding hydrogens is 227 g/mol. The van der Waals surface area contributed by atoms with Crippen LogP contribution in [0.1, 0.15) is 33.1 Å². The van der Waals surface area contributed by atoms with E-state index in [0.717, 1.165) is 12.8 Å². The van der Waals surface area contributed by atoms with Gasteiger partial charge in [-0.3, -0.25) is 4.79 Å². The van der Waals surface area contributed by atoms with Gasteiger partial charge in [-0.05, 0) is 6.42 Å². The quantitative estimate of drug-likeness (QED) is 0.545. The van der Waals surface area contributed by atoms with Crippen molar-refractivity contribution in [2.24, 2.45) is 0 Å². The van der Waals surface area contributed by atoms with Crippen molar-refractivity contribution in [3.8, 4) is 0 Å². The summed E-state index contributed by atoms with van der Waals surface area (Å²) in [6.07, 6.45) is 2.83. The van der Waals surface area contributed by atoms with Crippen LogP contribution in [0.15, 0.2) is 0 Å². The summed E-state index contributed by atoms with van der Waals surface area (Å²) >= 11 is 2.22. The molecule has 0 aliphatic rings. The summed E-state index contributed by atoms with van der Waals surface area (Å²) in [5.74, 6) is 0.387. The SMILES string of the molecule is CCCC(I)C(=O)CC. The molecule has 0 aromatic heterocycles. The Morgan fingerprint density at radius 2 is 2.11 bits per heavy atom. The molecule has 0 rings (SSSR count). The highest BCUT2D eigenvalue weighted by molar-refractivity contribution is 14.1. The summed E-state index contributed by atoms with van der Waals surface area (Å²) < 4.78 is 0.262. The molecule has 0 saturated carbocycles. The van der Waals surface area contributed by atoms with Crippen LogP contribution in [0.3, 0.4) is 0 Å². The molecule has 0 saturated heterocycles. The van der Waals surface area contributed by atoms with E-state index < -0.39 is 0 Å².